The highest BCUT2D eigenvalue weighted by atomic mass is 35.5. The predicted molar refractivity (Wildman–Crippen MR) is 179 cm³/mol. The molecule has 1 fully saturated rings. The zero-order valence-electron chi connectivity index (χ0n) is 25.6. The van der Waals surface area contributed by atoms with Gasteiger partial charge in [-0.15, -0.1) is 0 Å². The highest BCUT2D eigenvalue weighted by Crippen LogP contribution is 2.34. The molecule has 0 N–H and O–H groups in total. The van der Waals surface area contributed by atoms with Crippen LogP contribution in [-0.2, 0) is 14.8 Å². The molecular weight excluding hydrogens is 610 g/mol. The molecule has 11 heteroatoms. The van der Waals surface area contributed by atoms with Crippen molar-refractivity contribution in [3.8, 4) is 11.1 Å². The molecule has 0 bridgehead atoms. The Balaban J connectivity index is 1.49. The number of rotatable bonds is 9. The maximum absolute atomic E-state index is 13.9. The second-order valence-electron chi connectivity index (χ2n) is 11.4. The molecule has 5 aromatic rings. The molecule has 1 unspecified atom stereocenters. The summed E-state index contributed by atoms with van der Waals surface area (Å²) in [5.74, 6) is 0. The van der Waals surface area contributed by atoms with Crippen molar-refractivity contribution in [1.82, 2.24) is 18.4 Å². The first-order valence-electron chi connectivity index (χ1n) is 15.0. The van der Waals surface area contributed by atoms with Crippen LogP contribution < -0.4 is 10.5 Å². The van der Waals surface area contributed by atoms with Gasteiger partial charge in [0.15, 0.2) is 5.65 Å². The molecule has 9 nitrogen and oxygen atoms in total. The lowest BCUT2D eigenvalue weighted by atomic mass is 10.0. The molecule has 1 saturated heterocycles. The van der Waals surface area contributed by atoms with Gasteiger partial charge in [-0.3, -0.25) is 4.79 Å². The van der Waals surface area contributed by atoms with E-state index in [0.717, 1.165) is 23.4 Å². The first-order chi connectivity index (χ1) is 21.7. The summed E-state index contributed by atoms with van der Waals surface area (Å²) >= 11 is 6.34. The van der Waals surface area contributed by atoms with Crippen LogP contribution in [0.15, 0.2) is 95.0 Å². The lowest BCUT2D eigenvalue weighted by Crippen LogP contribution is -2.36. The molecule has 45 heavy (non-hydrogen) atoms. The normalized spacial score (nSPS) is 14.7. The lowest BCUT2D eigenvalue weighted by Gasteiger charge is -2.28. The average molecular weight is 646 g/mol. The minimum Gasteiger partial charge on any atom is -0.378 e. The fourth-order valence-electron chi connectivity index (χ4n) is 5.71. The number of morpholine rings is 1. The lowest BCUT2D eigenvalue weighted by molar-refractivity contribution is 0.122. The fraction of sp³-hybridized carbons (Fsp3) is 0.294. The molecule has 1 atom stereocenters. The topological polar surface area (TPSA) is 89.7 Å². The van der Waals surface area contributed by atoms with Crippen molar-refractivity contribution in [3.05, 3.63) is 112 Å². The number of hydrogen-bond acceptors (Lipinski definition) is 7. The fourth-order valence-corrected chi connectivity index (χ4v) is 7.23. The summed E-state index contributed by atoms with van der Waals surface area (Å²) in [6.45, 7) is 8.03. The van der Waals surface area contributed by atoms with Crippen LogP contribution in [-0.4, -0.2) is 73.3 Å². The molecule has 234 valence electrons. The van der Waals surface area contributed by atoms with E-state index in [2.05, 4.69) is 21.7 Å². The van der Waals surface area contributed by atoms with Gasteiger partial charge in [-0.1, -0.05) is 48.4 Å². The maximum atomic E-state index is 13.9. The van der Waals surface area contributed by atoms with Crippen LogP contribution in [0.1, 0.15) is 24.1 Å². The number of pyridine rings is 2. The van der Waals surface area contributed by atoms with Crippen LogP contribution in [0, 0.1) is 6.92 Å². The average Bonchev–Trinajstić information content (AvgIpc) is 3.44. The van der Waals surface area contributed by atoms with Gasteiger partial charge in [0.1, 0.15) is 0 Å². The molecule has 0 aliphatic carbocycles. The Labute approximate surface area is 268 Å². The summed E-state index contributed by atoms with van der Waals surface area (Å²) in [7, 11) is -1.96. The number of anilines is 1. The number of ether oxygens (including phenoxy) is 1. The number of likely N-dealkylation sites (N-methyl/N-ethyl adjacent to an activating group) is 1. The van der Waals surface area contributed by atoms with Gasteiger partial charge in [0.05, 0.1) is 36.0 Å². The summed E-state index contributed by atoms with van der Waals surface area (Å²) in [6.07, 6.45) is 5.06. The van der Waals surface area contributed by atoms with Gasteiger partial charge >= 0.3 is 0 Å². The van der Waals surface area contributed by atoms with Crippen molar-refractivity contribution in [2.45, 2.75) is 24.8 Å². The van der Waals surface area contributed by atoms with Crippen LogP contribution in [0.25, 0.3) is 22.2 Å². The highest BCUT2D eigenvalue weighted by Gasteiger charge is 2.25. The molecule has 4 heterocycles. The van der Waals surface area contributed by atoms with E-state index in [1.807, 2.05) is 50.4 Å². The SMILES string of the molecule is CCN(C)CC(c1cccc(Cl)c1)n1ccc(-c2cn(S(=O)(=O)c3ccc(C)cc3)c3ncc(N4CCOCC4)cc23)cc1=O. The minimum atomic E-state index is -3.98. The van der Waals surface area contributed by atoms with E-state index >= 15 is 0 Å². The third-order valence-corrected chi connectivity index (χ3v) is 10.3. The molecule has 6 rings (SSSR count). The van der Waals surface area contributed by atoms with Crippen molar-refractivity contribution in [2.75, 3.05) is 51.3 Å². The van der Waals surface area contributed by atoms with E-state index in [1.54, 1.807) is 53.5 Å². The summed E-state index contributed by atoms with van der Waals surface area (Å²) in [4.78, 5) is 23.0. The molecule has 0 saturated carbocycles. The smallest absolute Gasteiger partial charge is 0.269 e. The quantitative estimate of drug-likeness (QED) is 0.211. The number of hydrogen-bond donors (Lipinski definition) is 0. The van der Waals surface area contributed by atoms with Crippen molar-refractivity contribution in [2.24, 2.45) is 0 Å². The van der Waals surface area contributed by atoms with E-state index in [-0.39, 0.29) is 16.5 Å². The first kappa shape index (κ1) is 31.0. The largest absolute Gasteiger partial charge is 0.378 e. The van der Waals surface area contributed by atoms with E-state index < -0.39 is 10.0 Å². The Morgan fingerprint density at radius 2 is 1.80 bits per heavy atom. The van der Waals surface area contributed by atoms with Crippen LogP contribution in [0.2, 0.25) is 5.02 Å². The minimum absolute atomic E-state index is 0.162. The standard InChI is InChI=1S/C34H36ClN5O4S/c1-4-37(3)23-32(26-6-5-7-27(35)18-26)39-13-12-25(19-33(39)41)31-22-40(45(42,43)29-10-8-24(2)9-11-29)34-30(31)20-28(21-36-34)38-14-16-44-17-15-38/h5-13,18-22,32H,4,14-17,23H2,1-3H3. The summed E-state index contributed by atoms with van der Waals surface area (Å²) in [6, 6.07) is 19.4. The second-order valence-corrected chi connectivity index (χ2v) is 13.7. The van der Waals surface area contributed by atoms with Crippen LogP contribution in [0.4, 0.5) is 5.69 Å². The third kappa shape index (κ3) is 6.28. The van der Waals surface area contributed by atoms with Gasteiger partial charge in [0, 0.05) is 54.1 Å². The van der Waals surface area contributed by atoms with Crippen LogP contribution in [0.5, 0.6) is 0 Å². The Bertz CT molecular complexity index is 2000. The summed E-state index contributed by atoms with van der Waals surface area (Å²) in [5, 5.41) is 1.25. The molecule has 1 aliphatic heterocycles. The Kier molecular flexibility index (Phi) is 8.83. The maximum Gasteiger partial charge on any atom is 0.269 e. The summed E-state index contributed by atoms with van der Waals surface area (Å²) in [5.41, 5.74) is 4.07. The Morgan fingerprint density at radius 1 is 1.04 bits per heavy atom. The van der Waals surface area contributed by atoms with Crippen molar-refractivity contribution in [3.63, 3.8) is 0 Å². The Morgan fingerprint density at radius 3 is 2.49 bits per heavy atom. The molecule has 1 aliphatic rings. The molecular formula is C34H36ClN5O4S. The number of halogens is 1. The molecule has 0 spiro atoms. The first-order valence-corrected chi connectivity index (χ1v) is 16.8. The number of benzene rings is 2. The van der Waals surface area contributed by atoms with Gasteiger partial charge in [0.2, 0.25) is 0 Å². The van der Waals surface area contributed by atoms with Gasteiger partial charge < -0.3 is 19.1 Å². The Hall–Kier alpha value is -3.96. The van der Waals surface area contributed by atoms with Gasteiger partial charge in [-0.05, 0) is 68.0 Å². The zero-order valence-corrected chi connectivity index (χ0v) is 27.1. The summed E-state index contributed by atoms with van der Waals surface area (Å²) < 4.78 is 36.3. The van der Waals surface area contributed by atoms with Gasteiger partial charge in [0.25, 0.3) is 15.6 Å². The highest BCUT2D eigenvalue weighted by molar-refractivity contribution is 7.90. The number of aryl methyl sites for hydroxylation is 1. The van der Waals surface area contributed by atoms with Gasteiger partial charge in [-0.25, -0.2) is 17.4 Å². The van der Waals surface area contributed by atoms with E-state index in [1.165, 1.54) is 3.97 Å². The second kappa shape index (κ2) is 12.8. The molecule has 2 aromatic carbocycles. The number of fused-ring (bicyclic) bond motifs is 1. The number of nitrogens with zero attached hydrogens (tertiary/aromatic N) is 5. The van der Waals surface area contributed by atoms with Crippen molar-refractivity contribution >= 4 is 38.3 Å². The molecule has 0 radical (unpaired) electrons. The van der Waals surface area contributed by atoms with Crippen LogP contribution >= 0.6 is 11.6 Å². The van der Waals surface area contributed by atoms with Crippen molar-refractivity contribution in [1.29, 1.82) is 0 Å². The monoisotopic (exact) mass is 645 g/mol. The third-order valence-electron chi connectivity index (χ3n) is 8.40. The van der Waals surface area contributed by atoms with E-state index in [9.17, 15) is 13.2 Å². The zero-order chi connectivity index (χ0) is 31.7. The number of aromatic nitrogens is 3. The molecule has 3 aromatic heterocycles. The van der Waals surface area contributed by atoms with Gasteiger partial charge in [-0.2, -0.15) is 0 Å². The molecule has 0 amide bonds. The van der Waals surface area contributed by atoms with Crippen LogP contribution in [0.3, 0.4) is 0 Å². The predicted octanol–water partition coefficient (Wildman–Crippen LogP) is 5.44. The van der Waals surface area contributed by atoms with Crippen molar-refractivity contribution < 1.29 is 13.2 Å². The van der Waals surface area contributed by atoms with E-state index in [0.29, 0.717) is 60.0 Å². The van der Waals surface area contributed by atoms with E-state index in [4.69, 9.17) is 16.3 Å².